The fraction of sp³-hybridized carbons (Fsp3) is 0.280. The Morgan fingerprint density at radius 3 is 1.97 bits per heavy atom. The summed E-state index contributed by atoms with van der Waals surface area (Å²) in [4.78, 5) is 6.04. The molecule has 0 amide bonds. The van der Waals surface area contributed by atoms with Crippen molar-refractivity contribution in [3.05, 3.63) is 95.2 Å². The number of nitrogens with zero attached hydrogens (tertiary/aromatic N) is 4. The first-order valence-corrected chi connectivity index (χ1v) is 11.6. The van der Waals surface area contributed by atoms with Gasteiger partial charge in [0.1, 0.15) is 0 Å². The molecule has 0 aliphatic carbocycles. The highest BCUT2D eigenvalue weighted by Crippen LogP contribution is 2.32. The van der Waals surface area contributed by atoms with Gasteiger partial charge in [0.05, 0.1) is 17.0 Å². The van der Waals surface area contributed by atoms with Crippen molar-refractivity contribution in [3.63, 3.8) is 0 Å². The third-order valence-corrected chi connectivity index (χ3v) is 6.88. The SMILES string of the molecule is C[C@H](c1nnc(-c2cccs2)o1)N1CCN(C(c2ccccc2)c2ccccc2)CC1. The highest BCUT2D eigenvalue weighted by Gasteiger charge is 2.30. The molecule has 158 valence electrons. The summed E-state index contributed by atoms with van der Waals surface area (Å²) in [6.07, 6.45) is 0. The summed E-state index contributed by atoms with van der Waals surface area (Å²) in [6, 6.07) is 26.0. The molecule has 0 saturated carbocycles. The molecule has 31 heavy (non-hydrogen) atoms. The Labute approximate surface area is 187 Å². The van der Waals surface area contributed by atoms with Crippen LogP contribution in [0.1, 0.15) is 36.0 Å². The number of rotatable bonds is 6. The number of piperazine rings is 1. The molecule has 5 nitrogen and oxygen atoms in total. The quantitative estimate of drug-likeness (QED) is 0.417. The van der Waals surface area contributed by atoms with E-state index >= 15 is 0 Å². The Bertz CT molecular complexity index is 1030. The molecule has 1 saturated heterocycles. The Kier molecular flexibility index (Phi) is 5.93. The largest absolute Gasteiger partial charge is 0.418 e. The summed E-state index contributed by atoms with van der Waals surface area (Å²) in [6.45, 7) is 6.07. The van der Waals surface area contributed by atoms with Gasteiger partial charge in [0.25, 0.3) is 5.89 Å². The standard InChI is InChI=1S/C25H26N4OS/c1-19(24-26-27-25(30-24)22-13-8-18-31-22)28-14-16-29(17-15-28)23(20-9-4-2-5-10-20)21-11-6-3-7-12-21/h2-13,18-19,23H,14-17H2,1H3/t19-/m1/s1. The van der Waals surface area contributed by atoms with Gasteiger partial charge < -0.3 is 4.42 Å². The summed E-state index contributed by atoms with van der Waals surface area (Å²) >= 11 is 1.62. The van der Waals surface area contributed by atoms with E-state index in [1.165, 1.54) is 11.1 Å². The van der Waals surface area contributed by atoms with Gasteiger partial charge in [-0.1, -0.05) is 66.7 Å². The van der Waals surface area contributed by atoms with Gasteiger partial charge in [-0.3, -0.25) is 9.80 Å². The summed E-state index contributed by atoms with van der Waals surface area (Å²) in [5.41, 5.74) is 2.68. The molecule has 0 N–H and O–H groups in total. The van der Waals surface area contributed by atoms with E-state index in [1.54, 1.807) is 11.3 Å². The van der Waals surface area contributed by atoms with Crippen LogP contribution in [-0.2, 0) is 0 Å². The van der Waals surface area contributed by atoms with Crippen LogP contribution in [0.25, 0.3) is 10.8 Å². The highest BCUT2D eigenvalue weighted by molar-refractivity contribution is 7.13. The molecule has 1 aliphatic heterocycles. The minimum atomic E-state index is 0.107. The maximum Gasteiger partial charge on any atom is 0.257 e. The minimum absolute atomic E-state index is 0.107. The van der Waals surface area contributed by atoms with Crippen LogP contribution >= 0.6 is 11.3 Å². The van der Waals surface area contributed by atoms with E-state index in [-0.39, 0.29) is 12.1 Å². The second-order valence-electron chi connectivity index (χ2n) is 7.89. The predicted octanol–water partition coefficient (Wildman–Crippen LogP) is 5.27. The molecule has 4 aromatic rings. The summed E-state index contributed by atoms with van der Waals surface area (Å²) < 4.78 is 5.99. The molecule has 3 heterocycles. The van der Waals surface area contributed by atoms with E-state index in [2.05, 4.69) is 87.6 Å². The lowest BCUT2D eigenvalue weighted by Crippen LogP contribution is -2.48. The average molecular weight is 431 g/mol. The lowest BCUT2D eigenvalue weighted by Gasteiger charge is -2.41. The van der Waals surface area contributed by atoms with Gasteiger partial charge in [-0.05, 0) is 29.5 Å². The number of hydrogen-bond donors (Lipinski definition) is 0. The van der Waals surface area contributed by atoms with E-state index in [0.717, 1.165) is 31.1 Å². The number of benzene rings is 2. The van der Waals surface area contributed by atoms with Crippen LogP contribution in [0, 0.1) is 0 Å². The smallest absolute Gasteiger partial charge is 0.257 e. The molecule has 0 bridgehead atoms. The second kappa shape index (κ2) is 9.14. The van der Waals surface area contributed by atoms with E-state index in [9.17, 15) is 0 Å². The van der Waals surface area contributed by atoms with Gasteiger partial charge in [0, 0.05) is 26.2 Å². The van der Waals surface area contributed by atoms with Crippen molar-refractivity contribution in [2.45, 2.75) is 19.0 Å². The summed E-state index contributed by atoms with van der Waals surface area (Å²) in [5, 5.41) is 10.6. The van der Waals surface area contributed by atoms with Crippen molar-refractivity contribution in [2.24, 2.45) is 0 Å². The van der Waals surface area contributed by atoms with Gasteiger partial charge in [0.2, 0.25) is 5.89 Å². The van der Waals surface area contributed by atoms with Crippen LogP contribution in [0.2, 0.25) is 0 Å². The topological polar surface area (TPSA) is 45.4 Å². The van der Waals surface area contributed by atoms with Crippen LogP contribution in [0.3, 0.4) is 0 Å². The average Bonchev–Trinajstić information content (AvgIpc) is 3.53. The van der Waals surface area contributed by atoms with Crippen molar-refractivity contribution >= 4 is 11.3 Å². The van der Waals surface area contributed by atoms with Crippen molar-refractivity contribution in [1.29, 1.82) is 0 Å². The monoisotopic (exact) mass is 430 g/mol. The molecule has 2 aromatic carbocycles. The Morgan fingerprint density at radius 2 is 1.39 bits per heavy atom. The third kappa shape index (κ3) is 4.32. The molecule has 0 radical (unpaired) electrons. The van der Waals surface area contributed by atoms with Crippen molar-refractivity contribution in [1.82, 2.24) is 20.0 Å². The lowest BCUT2D eigenvalue weighted by molar-refractivity contribution is 0.0751. The summed E-state index contributed by atoms with van der Waals surface area (Å²) in [7, 11) is 0. The summed E-state index contributed by atoms with van der Waals surface area (Å²) in [5.74, 6) is 1.31. The zero-order valence-corrected chi connectivity index (χ0v) is 18.4. The number of hydrogen-bond acceptors (Lipinski definition) is 6. The Hall–Kier alpha value is -2.80. The molecule has 2 aromatic heterocycles. The first kappa shape index (κ1) is 20.1. The van der Waals surface area contributed by atoms with E-state index in [4.69, 9.17) is 4.42 Å². The van der Waals surface area contributed by atoms with Gasteiger partial charge in [0.15, 0.2) is 0 Å². The fourth-order valence-electron chi connectivity index (χ4n) is 4.33. The van der Waals surface area contributed by atoms with E-state index < -0.39 is 0 Å². The van der Waals surface area contributed by atoms with Crippen LogP contribution in [-0.4, -0.2) is 46.2 Å². The molecule has 5 rings (SSSR count). The molecule has 6 heteroatoms. The molecule has 0 spiro atoms. The third-order valence-electron chi connectivity index (χ3n) is 6.02. The van der Waals surface area contributed by atoms with Gasteiger partial charge in [-0.15, -0.1) is 21.5 Å². The zero-order chi connectivity index (χ0) is 21.0. The first-order valence-electron chi connectivity index (χ1n) is 10.7. The number of aromatic nitrogens is 2. The molecular weight excluding hydrogens is 404 g/mol. The maximum absolute atomic E-state index is 5.99. The van der Waals surface area contributed by atoms with Crippen LogP contribution in [0.5, 0.6) is 0 Å². The van der Waals surface area contributed by atoms with Crippen LogP contribution in [0.15, 0.2) is 82.6 Å². The highest BCUT2D eigenvalue weighted by atomic mass is 32.1. The Morgan fingerprint density at radius 1 is 0.774 bits per heavy atom. The van der Waals surface area contributed by atoms with E-state index in [0.29, 0.717) is 11.8 Å². The molecule has 1 fully saturated rings. The zero-order valence-electron chi connectivity index (χ0n) is 17.6. The van der Waals surface area contributed by atoms with Crippen LogP contribution in [0.4, 0.5) is 0 Å². The molecule has 1 aliphatic rings. The Balaban J connectivity index is 1.29. The van der Waals surface area contributed by atoms with Crippen LogP contribution < -0.4 is 0 Å². The number of thiophene rings is 1. The van der Waals surface area contributed by atoms with E-state index in [1.807, 2.05) is 17.5 Å². The molecule has 0 unspecified atom stereocenters. The van der Waals surface area contributed by atoms with Crippen molar-refractivity contribution in [3.8, 4) is 10.8 Å². The maximum atomic E-state index is 5.99. The fourth-order valence-corrected chi connectivity index (χ4v) is 4.97. The van der Waals surface area contributed by atoms with Crippen molar-refractivity contribution in [2.75, 3.05) is 26.2 Å². The molecule has 1 atom stereocenters. The second-order valence-corrected chi connectivity index (χ2v) is 8.84. The first-order chi connectivity index (χ1) is 15.3. The van der Waals surface area contributed by atoms with Gasteiger partial charge in [-0.2, -0.15) is 0 Å². The van der Waals surface area contributed by atoms with Gasteiger partial charge in [-0.25, -0.2) is 0 Å². The van der Waals surface area contributed by atoms with Crippen molar-refractivity contribution < 1.29 is 4.42 Å². The predicted molar refractivity (Wildman–Crippen MR) is 124 cm³/mol. The molecular formula is C25H26N4OS. The lowest BCUT2D eigenvalue weighted by atomic mass is 9.96. The minimum Gasteiger partial charge on any atom is -0.418 e. The van der Waals surface area contributed by atoms with Gasteiger partial charge >= 0.3 is 0 Å². The normalized spacial score (nSPS) is 16.6.